The second-order valence-electron chi connectivity index (χ2n) is 7.23. The van der Waals surface area contributed by atoms with Crippen molar-refractivity contribution in [2.24, 2.45) is 0 Å². The lowest BCUT2D eigenvalue weighted by Gasteiger charge is -2.38. The molecule has 1 aliphatic heterocycles. The van der Waals surface area contributed by atoms with Crippen molar-refractivity contribution in [3.8, 4) is 5.75 Å². The van der Waals surface area contributed by atoms with Gasteiger partial charge < -0.3 is 4.74 Å². The number of hydrogen-bond acceptors (Lipinski definition) is 4. The summed E-state index contributed by atoms with van der Waals surface area (Å²) in [6.07, 6.45) is 1.64. The van der Waals surface area contributed by atoms with Crippen LogP contribution in [0.3, 0.4) is 0 Å². The average molecular weight is 387 g/mol. The summed E-state index contributed by atoms with van der Waals surface area (Å²) in [4.78, 5) is 2.34. The number of para-hydroxylation sites is 1. The molecule has 1 atom stereocenters. The largest absolute Gasteiger partial charge is 0.492 e. The number of hydrogen-bond donors (Lipinski definition) is 0. The van der Waals surface area contributed by atoms with Crippen LogP contribution in [0.4, 0.5) is 0 Å². The Labute approximate surface area is 161 Å². The van der Waals surface area contributed by atoms with Gasteiger partial charge in [-0.2, -0.15) is 4.31 Å². The summed E-state index contributed by atoms with van der Waals surface area (Å²) >= 11 is 0. The van der Waals surface area contributed by atoms with E-state index in [1.807, 2.05) is 48.5 Å². The lowest BCUT2D eigenvalue weighted by molar-refractivity contribution is 0.0984. The van der Waals surface area contributed by atoms with Crippen molar-refractivity contribution in [2.75, 3.05) is 32.8 Å². The topological polar surface area (TPSA) is 49.9 Å². The van der Waals surface area contributed by atoms with Crippen LogP contribution in [0.25, 0.3) is 0 Å². The highest BCUT2D eigenvalue weighted by Crippen LogP contribution is 2.32. The van der Waals surface area contributed by atoms with E-state index in [0.29, 0.717) is 19.7 Å². The molecule has 0 bridgehead atoms. The Hall–Kier alpha value is -1.89. The molecule has 2 fully saturated rings. The highest BCUT2D eigenvalue weighted by Gasteiger charge is 2.41. The monoisotopic (exact) mass is 386 g/mol. The molecule has 6 heteroatoms. The van der Waals surface area contributed by atoms with E-state index in [-0.39, 0.29) is 11.3 Å². The summed E-state index contributed by atoms with van der Waals surface area (Å²) in [5.74, 6) is 0.855. The van der Waals surface area contributed by atoms with Gasteiger partial charge in [-0.3, -0.25) is 4.90 Å². The predicted molar refractivity (Wildman–Crippen MR) is 106 cm³/mol. The molecule has 0 radical (unpaired) electrons. The molecule has 5 nitrogen and oxygen atoms in total. The second kappa shape index (κ2) is 8.00. The molecular weight excluding hydrogens is 360 g/mol. The van der Waals surface area contributed by atoms with Crippen LogP contribution in [0.5, 0.6) is 5.75 Å². The smallest absolute Gasteiger partial charge is 0.217 e. The molecule has 1 saturated heterocycles. The Morgan fingerprint density at radius 3 is 2.07 bits per heavy atom. The summed E-state index contributed by atoms with van der Waals surface area (Å²) < 4.78 is 32.7. The van der Waals surface area contributed by atoms with Gasteiger partial charge in [0, 0.05) is 26.2 Å². The molecule has 1 aliphatic carbocycles. The number of benzene rings is 2. The fourth-order valence-electron chi connectivity index (χ4n) is 3.63. The maximum Gasteiger partial charge on any atom is 0.217 e. The summed E-state index contributed by atoms with van der Waals surface area (Å²) in [5, 5.41) is -0.129. The number of ether oxygens (including phenoxy) is 1. The maximum absolute atomic E-state index is 12.5. The van der Waals surface area contributed by atoms with Crippen molar-refractivity contribution in [1.82, 2.24) is 9.21 Å². The lowest BCUT2D eigenvalue weighted by atomic mass is 10.1. The molecular formula is C21H26N2O3S. The van der Waals surface area contributed by atoms with Crippen molar-refractivity contribution >= 4 is 10.0 Å². The van der Waals surface area contributed by atoms with Gasteiger partial charge in [-0.25, -0.2) is 8.42 Å². The third kappa shape index (κ3) is 4.34. The van der Waals surface area contributed by atoms with Crippen molar-refractivity contribution in [1.29, 1.82) is 0 Å². The van der Waals surface area contributed by atoms with E-state index in [0.717, 1.165) is 31.7 Å². The van der Waals surface area contributed by atoms with Gasteiger partial charge in [0.15, 0.2) is 0 Å². The minimum absolute atomic E-state index is 0.109. The van der Waals surface area contributed by atoms with Gasteiger partial charge in [0.1, 0.15) is 12.4 Å². The highest BCUT2D eigenvalue weighted by molar-refractivity contribution is 7.90. The zero-order valence-electron chi connectivity index (χ0n) is 15.4. The van der Waals surface area contributed by atoms with Crippen LogP contribution >= 0.6 is 0 Å². The van der Waals surface area contributed by atoms with Gasteiger partial charge >= 0.3 is 0 Å². The van der Waals surface area contributed by atoms with Crippen molar-refractivity contribution in [3.05, 3.63) is 66.2 Å². The van der Waals surface area contributed by atoms with E-state index in [2.05, 4.69) is 17.0 Å². The Balaban J connectivity index is 1.44. The fraction of sp³-hybridized carbons (Fsp3) is 0.429. The first-order valence-corrected chi connectivity index (χ1v) is 11.1. The molecule has 0 N–H and O–H groups in total. The van der Waals surface area contributed by atoms with E-state index in [1.165, 1.54) is 5.56 Å². The van der Waals surface area contributed by atoms with Crippen LogP contribution in [0.2, 0.25) is 0 Å². The van der Waals surface area contributed by atoms with E-state index in [1.54, 1.807) is 4.31 Å². The number of rotatable bonds is 7. The number of sulfonamides is 1. The Morgan fingerprint density at radius 2 is 1.48 bits per heavy atom. The van der Waals surface area contributed by atoms with Crippen LogP contribution < -0.4 is 4.74 Å². The van der Waals surface area contributed by atoms with Crippen LogP contribution in [0.15, 0.2) is 60.7 Å². The van der Waals surface area contributed by atoms with Gasteiger partial charge in [0.05, 0.1) is 11.3 Å². The molecule has 4 rings (SSSR count). The summed E-state index contributed by atoms with van der Waals surface area (Å²) in [5.41, 5.74) is 1.20. The van der Waals surface area contributed by atoms with Gasteiger partial charge in [0.2, 0.25) is 10.0 Å². The molecule has 0 amide bonds. The average Bonchev–Trinajstić information content (AvgIpc) is 3.56. The quantitative estimate of drug-likeness (QED) is 0.734. The van der Waals surface area contributed by atoms with Crippen molar-refractivity contribution < 1.29 is 13.2 Å². The van der Waals surface area contributed by atoms with Crippen LogP contribution in [0.1, 0.15) is 24.4 Å². The molecule has 2 aliphatic rings. The highest BCUT2D eigenvalue weighted by atomic mass is 32.2. The van der Waals surface area contributed by atoms with Crippen molar-refractivity contribution in [2.45, 2.75) is 24.1 Å². The molecule has 1 heterocycles. The predicted octanol–water partition coefficient (Wildman–Crippen LogP) is 2.92. The summed E-state index contributed by atoms with van der Waals surface area (Å²) in [6, 6.07) is 20.3. The SMILES string of the molecule is O=S(=O)(C1CC1)N1CCN(C(COc2ccccc2)c2ccccc2)CC1. The molecule has 0 spiro atoms. The van der Waals surface area contributed by atoms with Gasteiger partial charge in [0.25, 0.3) is 0 Å². The minimum atomic E-state index is -3.08. The van der Waals surface area contributed by atoms with Crippen LogP contribution in [0, 0.1) is 0 Å². The molecule has 144 valence electrons. The minimum Gasteiger partial charge on any atom is -0.492 e. The summed E-state index contributed by atoms with van der Waals surface area (Å²) in [7, 11) is -3.08. The third-order valence-electron chi connectivity index (χ3n) is 5.35. The van der Waals surface area contributed by atoms with E-state index in [9.17, 15) is 8.42 Å². The molecule has 1 saturated carbocycles. The van der Waals surface area contributed by atoms with Gasteiger partial charge in [-0.05, 0) is 30.5 Å². The van der Waals surface area contributed by atoms with Crippen LogP contribution in [-0.4, -0.2) is 55.7 Å². The normalized spacial score (nSPS) is 20.3. The molecule has 1 unspecified atom stereocenters. The van der Waals surface area contributed by atoms with Crippen LogP contribution in [-0.2, 0) is 10.0 Å². The molecule has 2 aromatic carbocycles. The number of piperazine rings is 1. The first kappa shape index (κ1) is 18.5. The Bertz CT molecular complexity index is 830. The zero-order valence-corrected chi connectivity index (χ0v) is 16.2. The van der Waals surface area contributed by atoms with Gasteiger partial charge in [-0.15, -0.1) is 0 Å². The van der Waals surface area contributed by atoms with E-state index >= 15 is 0 Å². The molecule has 27 heavy (non-hydrogen) atoms. The van der Waals surface area contributed by atoms with E-state index < -0.39 is 10.0 Å². The number of nitrogens with zero attached hydrogens (tertiary/aromatic N) is 2. The zero-order chi connectivity index (χ0) is 18.7. The standard InChI is InChI=1S/C21H26N2O3S/c24-27(25,20-11-12-20)23-15-13-22(14-16-23)21(18-7-3-1-4-8-18)17-26-19-9-5-2-6-10-19/h1-10,20-21H,11-17H2. The Kier molecular flexibility index (Phi) is 5.48. The third-order valence-corrected chi connectivity index (χ3v) is 7.75. The first-order chi connectivity index (χ1) is 13.1. The molecule has 2 aromatic rings. The Morgan fingerprint density at radius 1 is 0.889 bits per heavy atom. The molecule has 0 aromatic heterocycles. The fourth-order valence-corrected chi connectivity index (χ4v) is 5.45. The first-order valence-electron chi connectivity index (χ1n) is 9.60. The summed E-state index contributed by atoms with van der Waals surface area (Å²) in [6.45, 7) is 3.12. The second-order valence-corrected chi connectivity index (χ2v) is 9.44. The van der Waals surface area contributed by atoms with Gasteiger partial charge in [-0.1, -0.05) is 48.5 Å². The lowest BCUT2D eigenvalue weighted by Crippen LogP contribution is -2.51. The van der Waals surface area contributed by atoms with E-state index in [4.69, 9.17) is 4.74 Å². The maximum atomic E-state index is 12.5. The van der Waals surface area contributed by atoms with Crippen molar-refractivity contribution in [3.63, 3.8) is 0 Å².